The predicted octanol–water partition coefficient (Wildman–Crippen LogP) is 3.11. The zero-order valence-electron chi connectivity index (χ0n) is 10.6. The SMILES string of the molecule is CC1CCC(OC(=O)c2cncc(Cl)n2)CC1C. The second-order valence-electron chi connectivity index (χ2n) is 5.02. The van der Waals surface area contributed by atoms with Crippen LogP contribution in [0.2, 0.25) is 5.15 Å². The van der Waals surface area contributed by atoms with E-state index in [2.05, 4.69) is 23.8 Å². The zero-order valence-corrected chi connectivity index (χ0v) is 11.4. The van der Waals surface area contributed by atoms with Gasteiger partial charge in [-0.05, 0) is 31.1 Å². The summed E-state index contributed by atoms with van der Waals surface area (Å²) in [5.41, 5.74) is 0.175. The molecule has 1 saturated carbocycles. The van der Waals surface area contributed by atoms with Crippen molar-refractivity contribution in [2.75, 3.05) is 0 Å². The molecule has 1 aliphatic carbocycles. The highest BCUT2D eigenvalue weighted by Gasteiger charge is 2.27. The van der Waals surface area contributed by atoms with E-state index in [1.54, 1.807) is 0 Å². The van der Waals surface area contributed by atoms with Crippen LogP contribution in [0.15, 0.2) is 12.4 Å². The lowest BCUT2D eigenvalue weighted by Gasteiger charge is -2.31. The summed E-state index contributed by atoms with van der Waals surface area (Å²) in [7, 11) is 0. The second-order valence-corrected chi connectivity index (χ2v) is 5.41. The lowest BCUT2D eigenvalue weighted by Crippen LogP contribution is -2.29. The van der Waals surface area contributed by atoms with Crippen molar-refractivity contribution in [3.05, 3.63) is 23.2 Å². The van der Waals surface area contributed by atoms with Crippen LogP contribution in [0.1, 0.15) is 43.6 Å². The Morgan fingerprint density at radius 3 is 2.78 bits per heavy atom. The molecule has 1 fully saturated rings. The van der Waals surface area contributed by atoms with Gasteiger partial charge in [0.15, 0.2) is 5.69 Å². The Morgan fingerprint density at radius 2 is 2.11 bits per heavy atom. The molecule has 5 heteroatoms. The van der Waals surface area contributed by atoms with Crippen molar-refractivity contribution in [1.82, 2.24) is 9.97 Å². The van der Waals surface area contributed by atoms with Gasteiger partial charge in [-0.1, -0.05) is 25.4 Å². The zero-order chi connectivity index (χ0) is 13.1. The summed E-state index contributed by atoms with van der Waals surface area (Å²) in [6, 6.07) is 0. The van der Waals surface area contributed by atoms with Crippen LogP contribution >= 0.6 is 11.6 Å². The van der Waals surface area contributed by atoms with Crippen LogP contribution in [-0.4, -0.2) is 22.0 Å². The van der Waals surface area contributed by atoms with E-state index in [0.29, 0.717) is 11.8 Å². The first-order valence-corrected chi connectivity index (χ1v) is 6.62. The number of ether oxygens (including phenoxy) is 1. The van der Waals surface area contributed by atoms with Gasteiger partial charge in [0.25, 0.3) is 0 Å². The van der Waals surface area contributed by atoms with Crippen LogP contribution < -0.4 is 0 Å². The molecule has 1 aliphatic rings. The van der Waals surface area contributed by atoms with Gasteiger partial charge in [-0.2, -0.15) is 0 Å². The van der Waals surface area contributed by atoms with E-state index in [-0.39, 0.29) is 17.0 Å². The van der Waals surface area contributed by atoms with E-state index < -0.39 is 5.97 Å². The molecule has 4 nitrogen and oxygen atoms in total. The molecule has 3 unspecified atom stereocenters. The predicted molar refractivity (Wildman–Crippen MR) is 68.4 cm³/mol. The third-order valence-electron chi connectivity index (χ3n) is 3.64. The minimum atomic E-state index is -0.434. The summed E-state index contributed by atoms with van der Waals surface area (Å²) in [6.45, 7) is 4.44. The standard InChI is InChI=1S/C13H17ClN2O2/c1-8-3-4-10(5-9(8)2)18-13(17)11-6-15-7-12(14)16-11/h6-10H,3-5H2,1-2H3. The van der Waals surface area contributed by atoms with Gasteiger partial charge in [0.1, 0.15) is 11.3 Å². The number of nitrogens with zero attached hydrogens (tertiary/aromatic N) is 2. The number of hydrogen-bond acceptors (Lipinski definition) is 4. The van der Waals surface area contributed by atoms with Crippen LogP contribution in [-0.2, 0) is 4.74 Å². The summed E-state index contributed by atoms with van der Waals surface area (Å²) < 4.78 is 5.45. The second kappa shape index (κ2) is 5.65. The summed E-state index contributed by atoms with van der Waals surface area (Å²) in [5, 5.41) is 0.204. The topological polar surface area (TPSA) is 52.1 Å². The Kier molecular flexibility index (Phi) is 4.17. The molecule has 0 aliphatic heterocycles. The van der Waals surface area contributed by atoms with Crippen LogP contribution in [0.5, 0.6) is 0 Å². The molecule has 18 heavy (non-hydrogen) atoms. The summed E-state index contributed by atoms with van der Waals surface area (Å²) in [5.74, 6) is 0.852. The summed E-state index contributed by atoms with van der Waals surface area (Å²) in [6.07, 6.45) is 5.70. The molecule has 1 aromatic rings. The van der Waals surface area contributed by atoms with Gasteiger partial charge in [0.05, 0.1) is 12.4 Å². The lowest BCUT2D eigenvalue weighted by molar-refractivity contribution is 0.00813. The van der Waals surface area contributed by atoms with Crippen LogP contribution in [0.4, 0.5) is 0 Å². The quantitative estimate of drug-likeness (QED) is 0.774. The highest BCUT2D eigenvalue weighted by atomic mass is 35.5. The van der Waals surface area contributed by atoms with Gasteiger partial charge in [0.2, 0.25) is 0 Å². The third-order valence-corrected chi connectivity index (χ3v) is 3.82. The van der Waals surface area contributed by atoms with Gasteiger partial charge < -0.3 is 4.74 Å². The van der Waals surface area contributed by atoms with E-state index in [0.717, 1.165) is 19.3 Å². The van der Waals surface area contributed by atoms with Gasteiger partial charge in [0, 0.05) is 0 Å². The fourth-order valence-electron chi connectivity index (χ4n) is 2.26. The average Bonchev–Trinajstić information content (AvgIpc) is 2.34. The minimum Gasteiger partial charge on any atom is -0.458 e. The monoisotopic (exact) mass is 268 g/mol. The Bertz CT molecular complexity index is 439. The number of halogens is 1. The highest BCUT2D eigenvalue weighted by Crippen LogP contribution is 2.31. The number of rotatable bonds is 2. The van der Waals surface area contributed by atoms with Crippen molar-refractivity contribution in [3.63, 3.8) is 0 Å². The first-order valence-electron chi connectivity index (χ1n) is 6.24. The highest BCUT2D eigenvalue weighted by molar-refractivity contribution is 6.29. The molecular weight excluding hydrogens is 252 g/mol. The van der Waals surface area contributed by atoms with Crippen molar-refractivity contribution in [2.24, 2.45) is 11.8 Å². The summed E-state index contributed by atoms with van der Waals surface area (Å²) >= 11 is 5.69. The number of hydrogen-bond donors (Lipinski definition) is 0. The van der Waals surface area contributed by atoms with E-state index in [9.17, 15) is 4.79 Å². The van der Waals surface area contributed by atoms with Crippen LogP contribution in [0, 0.1) is 11.8 Å². The largest absolute Gasteiger partial charge is 0.458 e. The first kappa shape index (κ1) is 13.3. The third kappa shape index (κ3) is 3.19. The molecule has 0 bridgehead atoms. The average molecular weight is 269 g/mol. The smallest absolute Gasteiger partial charge is 0.358 e. The molecule has 0 saturated heterocycles. The number of aromatic nitrogens is 2. The van der Waals surface area contributed by atoms with E-state index in [1.165, 1.54) is 12.4 Å². The molecule has 0 amide bonds. The fourth-order valence-corrected chi connectivity index (χ4v) is 2.40. The molecule has 2 rings (SSSR count). The van der Waals surface area contributed by atoms with Crippen molar-refractivity contribution < 1.29 is 9.53 Å². The number of carbonyl (C=O) groups excluding carboxylic acids is 1. The van der Waals surface area contributed by atoms with Crippen LogP contribution in [0.3, 0.4) is 0 Å². The van der Waals surface area contributed by atoms with Gasteiger partial charge >= 0.3 is 5.97 Å². The lowest BCUT2D eigenvalue weighted by atomic mass is 9.80. The Hall–Kier alpha value is -1.16. The molecule has 1 heterocycles. The normalized spacial score (nSPS) is 27.8. The Morgan fingerprint density at radius 1 is 1.33 bits per heavy atom. The Balaban J connectivity index is 1.96. The number of esters is 1. The molecule has 98 valence electrons. The summed E-state index contributed by atoms with van der Waals surface area (Å²) in [4.78, 5) is 19.6. The first-order chi connectivity index (χ1) is 8.56. The number of carbonyl (C=O) groups is 1. The van der Waals surface area contributed by atoms with Crippen molar-refractivity contribution in [1.29, 1.82) is 0 Å². The Labute approximate surface area is 112 Å². The van der Waals surface area contributed by atoms with Crippen molar-refractivity contribution in [2.45, 2.75) is 39.2 Å². The molecule has 3 atom stereocenters. The molecule has 1 aromatic heterocycles. The van der Waals surface area contributed by atoms with E-state index in [4.69, 9.17) is 16.3 Å². The molecule has 0 radical (unpaired) electrons. The van der Waals surface area contributed by atoms with Gasteiger partial charge in [-0.3, -0.25) is 4.98 Å². The van der Waals surface area contributed by atoms with Gasteiger partial charge in [-0.15, -0.1) is 0 Å². The minimum absolute atomic E-state index is 0.00974. The molecule has 0 N–H and O–H groups in total. The van der Waals surface area contributed by atoms with Crippen molar-refractivity contribution in [3.8, 4) is 0 Å². The molecular formula is C13H17ClN2O2. The molecule has 0 aromatic carbocycles. The van der Waals surface area contributed by atoms with Crippen LogP contribution in [0.25, 0.3) is 0 Å². The fraction of sp³-hybridized carbons (Fsp3) is 0.615. The van der Waals surface area contributed by atoms with E-state index in [1.807, 2.05) is 0 Å². The maximum atomic E-state index is 11.9. The van der Waals surface area contributed by atoms with Gasteiger partial charge in [-0.25, -0.2) is 9.78 Å². The van der Waals surface area contributed by atoms with E-state index >= 15 is 0 Å². The molecule has 0 spiro atoms. The maximum absolute atomic E-state index is 11.9. The van der Waals surface area contributed by atoms with Crippen molar-refractivity contribution >= 4 is 17.6 Å². The maximum Gasteiger partial charge on any atom is 0.358 e.